The number of fused-ring (bicyclic) bond motifs is 2. The Balaban J connectivity index is 1.27. The summed E-state index contributed by atoms with van der Waals surface area (Å²) in [6, 6.07) is 5.53. The van der Waals surface area contributed by atoms with Crippen LogP contribution >= 0.6 is 11.3 Å². The largest absolute Gasteiger partial charge is 0.346 e. The highest BCUT2D eigenvalue weighted by atomic mass is 32.1. The van der Waals surface area contributed by atoms with Crippen molar-refractivity contribution >= 4 is 27.9 Å². The third-order valence-corrected chi connectivity index (χ3v) is 8.05. The highest BCUT2D eigenvalue weighted by Crippen LogP contribution is 2.63. The number of anilines is 2. The first-order chi connectivity index (χ1) is 16.0. The average molecular weight is 469 g/mol. The second kappa shape index (κ2) is 6.66. The Kier molecular flexibility index (Phi) is 3.89. The van der Waals surface area contributed by atoms with E-state index in [9.17, 15) is 13.2 Å². The van der Waals surface area contributed by atoms with E-state index in [1.54, 1.807) is 10.7 Å². The van der Waals surface area contributed by atoms with Gasteiger partial charge in [-0.15, -0.1) is 10.2 Å². The molecule has 1 aliphatic carbocycles. The Hall–Kier alpha value is -3.21. The number of nitrogens with zero attached hydrogens (tertiary/aromatic N) is 7. The van der Waals surface area contributed by atoms with E-state index in [4.69, 9.17) is 4.98 Å². The summed E-state index contributed by atoms with van der Waals surface area (Å²) in [7, 11) is 0. The lowest BCUT2D eigenvalue weighted by Crippen LogP contribution is -2.48. The number of aromatic nitrogens is 5. The van der Waals surface area contributed by atoms with E-state index in [0.717, 1.165) is 31.0 Å². The molecule has 11 heteroatoms. The number of benzene rings is 1. The number of hydrogen-bond acceptors (Lipinski definition) is 7. The first-order valence-electron chi connectivity index (χ1n) is 10.8. The molecule has 0 unspecified atom stereocenters. The molecule has 4 aromatic rings. The Bertz CT molecular complexity index is 1400. The molecule has 0 N–H and O–H groups in total. The molecule has 3 aromatic heterocycles. The maximum atomic E-state index is 14.7. The zero-order valence-corrected chi connectivity index (χ0v) is 18.1. The molecule has 3 aliphatic rings. The molecule has 3 fully saturated rings. The molecule has 7 rings (SSSR count). The predicted octanol–water partition coefficient (Wildman–Crippen LogP) is 3.81. The van der Waals surface area contributed by atoms with Crippen LogP contribution in [0.2, 0.25) is 0 Å². The molecule has 0 bridgehead atoms. The molecule has 1 saturated carbocycles. The van der Waals surface area contributed by atoms with E-state index in [1.807, 2.05) is 17.2 Å². The fraction of sp³-hybridized carbons (Fsp3) is 0.364. The maximum Gasteiger partial charge on any atom is 0.208 e. The SMILES string of the molecule is Fc1ccc(F)c([C@@]23C[C@@H]2CCN3c2ccn3ncc(-c4nnc(N5CC(F)C5)s4)c3n2)c1. The van der Waals surface area contributed by atoms with Crippen LogP contribution < -0.4 is 9.80 Å². The van der Waals surface area contributed by atoms with Gasteiger partial charge in [0, 0.05) is 18.3 Å². The smallest absolute Gasteiger partial charge is 0.208 e. The molecule has 7 nitrogen and oxygen atoms in total. The first-order valence-corrected chi connectivity index (χ1v) is 11.6. The van der Waals surface area contributed by atoms with E-state index in [-0.39, 0.29) is 11.7 Å². The van der Waals surface area contributed by atoms with Crippen LogP contribution in [0.15, 0.2) is 36.7 Å². The third-order valence-electron chi connectivity index (χ3n) is 7.03. The second-order valence-electron chi connectivity index (χ2n) is 8.89. The number of alkyl halides is 1. The minimum atomic E-state index is -0.819. The van der Waals surface area contributed by atoms with E-state index in [2.05, 4.69) is 20.2 Å². The summed E-state index contributed by atoms with van der Waals surface area (Å²) in [5.41, 5.74) is 1.18. The third kappa shape index (κ3) is 2.74. The van der Waals surface area contributed by atoms with E-state index < -0.39 is 17.5 Å². The standard InChI is InChI=1S/C22H18F3N7S/c23-13-1-2-17(25)16(7-13)22-8-12(22)3-5-31(22)18-4-6-32-19(27-18)15(9-26-32)20-28-29-21(33-20)30-10-14(24)11-30/h1-2,4,6-7,9,12,14H,3,5,8,10-11H2/t12-,22+/m0/s1. The fourth-order valence-electron chi connectivity index (χ4n) is 5.29. The molecule has 168 valence electrons. The summed E-state index contributed by atoms with van der Waals surface area (Å²) in [6.07, 6.45) is 4.37. The summed E-state index contributed by atoms with van der Waals surface area (Å²) in [4.78, 5) is 8.82. The van der Waals surface area contributed by atoms with Crippen molar-refractivity contribution in [3.63, 3.8) is 0 Å². The van der Waals surface area contributed by atoms with Crippen molar-refractivity contribution in [2.75, 3.05) is 29.4 Å². The molecule has 2 saturated heterocycles. The summed E-state index contributed by atoms with van der Waals surface area (Å²) in [6.45, 7) is 1.39. The minimum Gasteiger partial charge on any atom is -0.346 e. The van der Waals surface area contributed by atoms with Crippen LogP contribution in [0.25, 0.3) is 16.2 Å². The highest BCUT2D eigenvalue weighted by Gasteiger charge is 2.64. The molecule has 1 aromatic carbocycles. The van der Waals surface area contributed by atoms with E-state index >= 15 is 0 Å². The van der Waals surface area contributed by atoms with Crippen LogP contribution in [0.1, 0.15) is 18.4 Å². The van der Waals surface area contributed by atoms with Crippen LogP contribution in [-0.4, -0.2) is 50.6 Å². The van der Waals surface area contributed by atoms with Gasteiger partial charge in [-0.1, -0.05) is 11.3 Å². The molecule has 5 heterocycles. The quantitative estimate of drug-likeness (QED) is 0.453. The van der Waals surface area contributed by atoms with Crippen molar-refractivity contribution in [1.82, 2.24) is 24.8 Å². The second-order valence-corrected chi connectivity index (χ2v) is 9.85. The van der Waals surface area contributed by atoms with Crippen LogP contribution in [0, 0.1) is 17.6 Å². The number of hydrogen-bond donors (Lipinski definition) is 0. The van der Waals surface area contributed by atoms with Gasteiger partial charge in [-0.25, -0.2) is 22.7 Å². The van der Waals surface area contributed by atoms with Crippen LogP contribution in [0.4, 0.5) is 24.1 Å². The van der Waals surface area contributed by atoms with Crippen molar-refractivity contribution in [2.45, 2.75) is 24.6 Å². The average Bonchev–Trinajstić information content (AvgIpc) is 3.16. The van der Waals surface area contributed by atoms with Gasteiger partial charge in [-0.05, 0) is 43.0 Å². The van der Waals surface area contributed by atoms with E-state index in [0.29, 0.717) is 40.3 Å². The van der Waals surface area contributed by atoms with E-state index in [1.165, 1.54) is 23.5 Å². The van der Waals surface area contributed by atoms with Crippen molar-refractivity contribution < 1.29 is 13.2 Å². The van der Waals surface area contributed by atoms with Crippen molar-refractivity contribution in [3.05, 3.63) is 53.9 Å². The van der Waals surface area contributed by atoms with Gasteiger partial charge in [0.15, 0.2) is 10.7 Å². The Morgan fingerprint density at radius 1 is 1.12 bits per heavy atom. The summed E-state index contributed by atoms with van der Waals surface area (Å²) in [5.74, 6) is 0.145. The first kappa shape index (κ1) is 19.3. The monoisotopic (exact) mass is 469 g/mol. The Labute approximate surface area is 190 Å². The molecular weight excluding hydrogens is 451 g/mol. The number of piperidine rings is 1. The van der Waals surface area contributed by atoms with Crippen molar-refractivity contribution in [2.24, 2.45) is 5.92 Å². The van der Waals surface area contributed by atoms with Crippen LogP contribution in [-0.2, 0) is 5.54 Å². The molecule has 0 spiro atoms. The Morgan fingerprint density at radius 2 is 2.00 bits per heavy atom. The van der Waals surface area contributed by atoms with Gasteiger partial charge in [0.2, 0.25) is 5.13 Å². The lowest BCUT2D eigenvalue weighted by atomic mass is 10.0. The predicted molar refractivity (Wildman–Crippen MR) is 117 cm³/mol. The number of halogens is 3. The molecule has 2 atom stereocenters. The molecule has 0 radical (unpaired) electrons. The number of rotatable bonds is 4. The molecular formula is C22H18F3N7S. The van der Waals surface area contributed by atoms with Gasteiger partial charge in [-0.3, -0.25) is 0 Å². The van der Waals surface area contributed by atoms with Gasteiger partial charge in [0.05, 0.1) is 30.4 Å². The van der Waals surface area contributed by atoms with Gasteiger partial charge < -0.3 is 9.80 Å². The fourth-order valence-corrected chi connectivity index (χ4v) is 6.16. The highest BCUT2D eigenvalue weighted by molar-refractivity contribution is 7.18. The van der Waals surface area contributed by atoms with Crippen LogP contribution in [0.5, 0.6) is 0 Å². The molecule has 33 heavy (non-hydrogen) atoms. The normalized spacial score (nSPS) is 24.4. The zero-order valence-electron chi connectivity index (χ0n) is 17.3. The van der Waals surface area contributed by atoms with Crippen molar-refractivity contribution in [3.8, 4) is 10.6 Å². The summed E-state index contributed by atoms with van der Waals surface area (Å²) in [5, 5.41) is 14.2. The van der Waals surface area contributed by atoms with Gasteiger partial charge in [-0.2, -0.15) is 5.10 Å². The van der Waals surface area contributed by atoms with Gasteiger partial charge in [0.25, 0.3) is 0 Å². The molecule has 2 aliphatic heterocycles. The summed E-state index contributed by atoms with van der Waals surface area (Å²) < 4.78 is 43.6. The Morgan fingerprint density at radius 3 is 2.82 bits per heavy atom. The van der Waals surface area contributed by atoms with Gasteiger partial charge in [0.1, 0.15) is 23.6 Å². The summed E-state index contributed by atoms with van der Waals surface area (Å²) >= 11 is 1.38. The van der Waals surface area contributed by atoms with Crippen molar-refractivity contribution in [1.29, 1.82) is 0 Å². The van der Waals surface area contributed by atoms with Crippen LogP contribution in [0.3, 0.4) is 0 Å². The minimum absolute atomic E-state index is 0.276. The zero-order chi connectivity index (χ0) is 22.3. The maximum absolute atomic E-state index is 14.7. The topological polar surface area (TPSA) is 62.5 Å². The van der Waals surface area contributed by atoms with Gasteiger partial charge >= 0.3 is 0 Å². The lowest BCUT2D eigenvalue weighted by molar-refractivity contribution is 0.274. The lowest BCUT2D eigenvalue weighted by Gasteiger charge is -2.33. The molecule has 0 amide bonds.